The van der Waals surface area contributed by atoms with Crippen molar-refractivity contribution in [2.45, 2.75) is 126 Å². The lowest BCUT2D eigenvalue weighted by atomic mass is 10.0. The summed E-state index contributed by atoms with van der Waals surface area (Å²) in [7, 11) is 0. The maximum absolute atomic E-state index is 14.2. The van der Waals surface area contributed by atoms with Crippen LogP contribution in [0.5, 0.6) is 5.75 Å². The monoisotopic (exact) mass is 1200 g/mol. The molecule has 0 saturated heterocycles. The van der Waals surface area contributed by atoms with Crippen LogP contribution in [-0.4, -0.2) is 175 Å². The van der Waals surface area contributed by atoms with Gasteiger partial charge >= 0.3 is 17.9 Å². The highest BCUT2D eigenvalue weighted by Gasteiger charge is 2.36. The summed E-state index contributed by atoms with van der Waals surface area (Å²) in [5, 5.41) is 69.0. The number of aromatic nitrogens is 1. The predicted molar refractivity (Wildman–Crippen MR) is 305 cm³/mol. The van der Waals surface area contributed by atoms with E-state index in [2.05, 4.69) is 52.5 Å². The average Bonchev–Trinajstić information content (AvgIpc) is 4.08. The number of rotatable bonds is 36. The highest BCUT2D eigenvalue weighted by atomic mass is 16.4. The Bertz CT molecular complexity index is 3080. The number of aromatic amines is 1. The van der Waals surface area contributed by atoms with E-state index in [1.807, 2.05) is 0 Å². The molecule has 9 unspecified atom stereocenters. The number of phenols is 1. The molecule has 1 aromatic heterocycles. The third kappa shape index (κ3) is 23.2. The first-order valence-corrected chi connectivity index (χ1v) is 26.9. The van der Waals surface area contributed by atoms with Gasteiger partial charge in [0.2, 0.25) is 53.2 Å². The van der Waals surface area contributed by atoms with Crippen molar-refractivity contribution in [2.75, 3.05) is 13.1 Å². The third-order valence-corrected chi connectivity index (χ3v) is 13.1. The number of aromatic hydroxyl groups is 1. The fraction of sp³-hybridized carbons (Fsp3) is 0.400. The second-order valence-electron chi connectivity index (χ2n) is 19.9. The number of carboxylic acid groups (broad SMARTS) is 3. The summed E-state index contributed by atoms with van der Waals surface area (Å²) < 4.78 is 0. The number of guanidine groups is 1. The first kappa shape index (κ1) is 68.3. The standard InChI is InChI=1S/C55H72N14O17/c1-28(70)46(53(84)65-37(18-19-42(57)72)49(80)67-40(25-45(76)77)51(82)68-41(54(85)86)24-31-26-61-35-11-6-5-10-33(31)35)69-52(83)38(22-29-8-3-2-4-9-29)63-43(73)27-62-48(79)36(12-7-21-60-55(58)59)64-50(81)39(23-30-13-15-32(71)16-14-30)66-47(78)34(56)17-20-44(74)75/h2-6,8-11,13-16,26,28,34,36-41,46,61,70-71H,7,12,17-25,27,56H2,1H3,(H2,57,72)(H,62,79)(H,63,73)(H,64,81)(H,65,84)(H,66,78)(H,67,80)(H,68,82)(H,69,83)(H,74,75)(H,76,77)(H,85,86)(H4,58,59,60). The van der Waals surface area contributed by atoms with Gasteiger partial charge < -0.3 is 96.0 Å². The van der Waals surface area contributed by atoms with Gasteiger partial charge in [0, 0.05) is 55.7 Å². The molecule has 9 amide bonds. The second-order valence-corrected chi connectivity index (χ2v) is 19.9. The Morgan fingerprint density at radius 1 is 0.558 bits per heavy atom. The molecular formula is C55H72N14O17. The van der Waals surface area contributed by atoms with Crippen molar-refractivity contribution >= 4 is 87.9 Å². The molecule has 22 N–H and O–H groups in total. The van der Waals surface area contributed by atoms with Crippen LogP contribution in [0.15, 0.2) is 90.1 Å². The normalized spacial score (nSPS) is 14.1. The molecule has 0 radical (unpaired) electrons. The molecule has 0 fully saturated rings. The molecule has 9 atom stereocenters. The van der Waals surface area contributed by atoms with Gasteiger partial charge in [0.25, 0.3) is 0 Å². The number of amides is 9. The molecule has 0 spiro atoms. The zero-order valence-electron chi connectivity index (χ0n) is 46.7. The highest BCUT2D eigenvalue weighted by molar-refractivity contribution is 5.99. The Morgan fingerprint density at radius 2 is 1.10 bits per heavy atom. The zero-order chi connectivity index (χ0) is 63.6. The molecule has 31 heteroatoms. The first-order valence-electron chi connectivity index (χ1n) is 26.9. The number of primary amides is 1. The minimum atomic E-state index is -1.96. The Kier molecular flexibility index (Phi) is 26.9. The van der Waals surface area contributed by atoms with Crippen LogP contribution < -0.4 is 65.5 Å². The number of phenolic OH excluding ortho intramolecular Hbond substituents is 1. The lowest BCUT2D eigenvalue weighted by molar-refractivity contribution is -0.144. The van der Waals surface area contributed by atoms with Crippen LogP contribution in [-0.2, 0) is 76.8 Å². The molecule has 464 valence electrons. The van der Waals surface area contributed by atoms with Crippen LogP contribution >= 0.6 is 0 Å². The van der Waals surface area contributed by atoms with Crippen molar-refractivity contribution in [3.8, 4) is 5.75 Å². The minimum Gasteiger partial charge on any atom is -0.508 e. The molecule has 31 nitrogen and oxygen atoms in total. The van der Waals surface area contributed by atoms with E-state index < -0.39 is 158 Å². The number of carbonyl (C=O) groups excluding carboxylic acids is 9. The smallest absolute Gasteiger partial charge is 0.326 e. The van der Waals surface area contributed by atoms with Crippen LogP contribution in [0.4, 0.5) is 0 Å². The van der Waals surface area contributed by atoms with E-state index >= 15 is 0 Å². The van der Waals surface area contributed by atoms with Gasteiger partial charge in [-0.15, -0.1) is 0 Å². The van der Waals surface area contributed by atoms with Crippen LogP contribution in [0.1, 0.15) is 68.6 Å². The summed E-state index contributed by atoms with van der Waals surface area (Å²) in [4.78, 5) is 165. The molecule has 4 aromatic rings. The van der Waals surface area contributed by atoms with Gasteiger partial charge in [-0.3, -0.25) is 57.7 Å². The van der Waals surface area contributed by atoms with Gasteiger partial charge in [0.1, 0.15) is 48.0 Å². The van der Waals surface area contributed by atoms with E-state index in [1.54, 1.807) is 54.6 Å². The number of carboxylic acids is 3. The number of aliphatic hydroxyl groups excluding tert-OH is 1. The summed E-state index contributed by atoms with van der Waals surface area (Å²) in [6, 6.07) is 7.40. The van der Waals surface area contributed by atoms with Crippen molar-refractivity contribution in [3.63, 3.8) is 0 Å². The van der Waals surface area contributed by atoms with Gasteiger partial charge in [-0.05, 0) is 67.5 Å². The Morgan fingerprint density at radius 3 is 1.72 bits per heavy atom. The number of carbonyl (C=O) groups is 12. The Labute approximate surface area is 491 Å². The van der Waals surface area contributed by atoms with Gasteiger partial charge in [-0.2, -0.15) is 0 Å². The number of H-pyrrole nitrogens is 1. The van der Waals surface area contributed by atoms with E-state index in [4.69, 9.17) is 28.0 Å². The average molecular weight is 1200 g/mol. The summed E-state index contributed by atoms with van der Waals surface area (Å²) in [6.07, 6.45) is -4.02. The maximum Gasteiger partial charge on any atom is 0.326 e. The summed E-state index contributed by atoms with van der Waals surface area (Å²) >= 11 is 0. The molecule has 0 saturated carbocycles. The zero-order valence-corrected chi connectivity index (χ0v) is 46.7. The summed E-state index contributed by atoms with van der Waals surface area (Å²) in [5.41, 5.74) is 24.2. The van der Waals surface area contributed by atoms with E-state index in [0.717, 1.165) is 6.92 Å². The van der Waals surface area contributed by atoms with Gasteiger partial charge in [0.15, 0.2) is 5.96 Å². The number of fused-ring (bicyclic) bond motifs is 1. The number of aliphatic imine (C=N–C) groups is 1. The molecular weight excluding hydrogens is 1130 g/mol. The van der Waals surface area contributed by atoms with Crippen molar-refractivity contribution < 1.29 is 83.1 Å². The van der Waals surface area contributed by atoms with Crippen molar-refractivity contribution in [3.05, 3.63) is 102 Å². The quantitative estimate of drug-likeness (QED) is 0.0117. The fourth-order valence-corrected chi connectivity index (χ4v) is 8.53. The van der Waals surface area contributed by atoms with Crippen LogP contribution in [0, 0.1) is 0 Å². The lowest BCUT2D eigenvalue weighted by Gasteiger charge is -2.28. The number of nitrogens with two attached hydrogens (primary N) is 4. The highest BCUT2D eigenvalue weighted by Crippen LogP contribution is 2.20. The topological polar surface area (TPSA) is 534 Å². The number of benzene rings is 3. The SMILES string of the molecule is CC(O)C(NC(=O)C(Cc1ccccc1)NC(=O)CNC(=O)C(CCCN=C(N)N)NC(=O)C(Cc1ccc(O)cc1)NC(=O)C(N)CCC(=O)O)C(=O)NC(CCC(N)=O)C(=O)NC(CC(=O)O)C(=O)NC(Cc1c[nH]c2ccccc12)C(=O)O. The molecule has 1 heterocycles. The van der Waals surface area contributed by atoms with Crippen molar-refractivity contribution in [2.24, 2.45) is 27.9 Å². The van der Waals surface area contributed by atoms with Crippen molar-refractivity contribution in [1.29, 1.82) is 0 Å². The van der Waals surface area contributed by atoms with Crippen LogP contribution in [0.25, 0.3) is 10.9 Å². The number of para-hydroxylation sites is 1. The third-order valence-electron chi connectivity index (χ3n) is 13.1. The van der Waals surface area contributed by atoms with Crippen LogP contribution in [0.2, 0.25) is 0 Å². The Balaban J connectivity index is 1.52. The first-order chi connectivity index (χ1) is 40.7. The number of hydrogen-bond acceptors (Lipinski definition) is 16. The number of aliphatic carboxylic acids is 3. The van der Waals surface area contributed by atoms with Gasteiger partial charge in [-0.25, -0.2) is 4.79 Å². The molecule has 4 rings (SSSR count). The summed E-state index contributed by atoms with van der Waals surface area (Å²) in [6.45, 7) is 0.218. The molecule has 86 heavy (non-hydrogen) atoms. The molecule has 3 aromatic carbocycles. The maximum atomic E-state index is 14.2. The number of aliphatic hydroxyl groups is 1. The number of nitrogens with zero attached hydrogens (tertiary/aromatic N) is 1. The molecule has 0 bridgehead atoms. The fourth-order valence-electron chi connectivity index (χ4n) is 8.53. The van der Waals surface area contributed by atoms with E-state index in [1.165, 1.54) is 30.5 Å². The number of nitrogens with one attached hydrogen (secondary N) is 9. The Hall–Kier alpha value is -10.2. The minimum absolute atomic E-state index is 0.0197. The predicted octanol–water partition coefficient (Wildman–Crippen LogP) is -4.14. The van der Waals surface area contributed by atoms with Gasteiger partial charge in [-0.1, -0.05) is 60.7 Å². The van der Waals surface area contributed by atoms with E-state index in [-0.39, 0.29) is 56.8 Å². The lowest BCUT2D eigenvalue weighted by Crippen LogP contribution is -2.61. The van der Waals surface area contributed by atoms with E-state index in [9.17, 15) is 78.0 Å². The molecule has 0 aliphatic carbocycles. The summed E-state index contributed by atoms with van der Waals surface area (Å²) in [5.74, 6) is -14.3. The van der Waals surface area contributed by atoms with Crippen molar-refractivity contribution in [1.82, 2.24) is 47.5 Å². The van der Waals surface area contributed by atoms with Gasteiger partial charge in [0.05, 0.1) is 25.1 Å². The largest absolute Gasteiger partial charge is 0.508 e. The molecule has 0 aliphatic rings. The molecule has 0 aliphatic heterocycles. The van der Waals surface area contributed by atoms with E-state index in [0.29, 0.717) is 27.6 Å². The number of hydrogen-bond donors (Lipinski definition) is 18. The second kappa shape index (κ2) is 33.8. The van der Waals surface area contributed by atoms with Crippen LogP contribution in [0.3, 0.4) is 0 Å².